The van der Waals surface area contributed by atoms with Crippen molar-refractivity contribution >= 4 is 28.4 Å². The quantitative estimate of drug-likeness (QED) is 0.610. The van der Waals surface area contributed by atoms with E-state index in [4.69, 9.17) is 16.1 Å². The van der Waals surface area contributed by atoms with E-state index in [0.29, 0.717) is 5.58 Å². The maximum atomic E-state index is 13.7. The monoisotopic (exact) mass is 448 g/mol. The van der Waals surface area contributed by atoms with Crippen molar-refractivity contribution in [1.82, 2.24) is 15.4 Å². The van der Waals surface area contributed by atoms with E-state index >= 15 is 0 Å². The summed E-state index contributed by atoms with van der Waals surface area (Å²) >= 11 is 5.97. The zero-order valence-corrected chi connectivity index (χ0v) is 19.0. The molecule has 1 saturated heterocycles. The predicted molar refractivity (Wildman–Crippen MR) is 123 cm³/mol. The molecule has 3 aliphatic rings. The van der Waals surface area contributed by atoms with Crippen molar-refractivity contribution in [3.05, 3.63) is 23.0 Å². The van der Waals surface area contributed by atoms with E-state index in [1.807, 2.05) is 0 Å². The van der Waals surface area contributed by atoms with Crippen LogP contribution in [0.4, 0.5) is 10.2 Å². The van der Waals surface area contributed by atoms with Gasteiger partial charge in [0.05, 0.1) is 10.4 Å². The lowest BCUT2D eigenvalue weighted by molar-refractivity contribution is 0.210. The molecular weight excluding hydrogens is 415 g/mol. The average molecular weight is 449 g/mol. The first kappa shape index (κ1) is 21.5. The number of anilines is 1. The van der Waals surface area contributed by atoms with Gasteiger partial charge in [0.2, 0.25) is 0 Å². The van der Waals surface area contributed by atoms with Crippen LogP contribution in [0.15, 0.2) is 16.7 Å². The number of benzene rings is 1. The molecule has 5 rings (SSSR count). The number of hydrogen-bond acceptors (Lipinski definition) is 5. The van der Waals surface area contributed by atoms with Crippen molar-refractivity contribution in [3.8, 4) is 0 Å². The average Bonchev–Trinajstić information content (AvgIpc) is 3.53. The second-order valence-electron chi connectivity index (χ2n) is 9.79. The maximum Gasteiger partial charge on any atom is 0.180 e. The molecule has 0 bridgehead atoms. The minimum atomic E-state index is -0.468. The molecule has 2 heterocycles. The van der Waals surface area contributed by atoms with E-state index in [1.165, 1.54) is 70.5 Å². The zero-order valence-electron chi connectivity index (χ0n) is 18.3. The number of piperazine rings is 1. The second kappa shape index (κ2) is 9.63. The van der Waals surface area contributed by atoms with Gasteiger partial charge in [-0.05, 0) is 69.5 Å². The normalized spacial score (nSPS) is 25.4. The van der Waals surface area contributed by atoms with Crippen LogP contribution in [0.25, 0.3) is 11.0 Å². The summed E-state index contributed by atoms with van der Waals surface area (Å²) in [6.07, 6.45) is 11.1. The summed E-state index contributed by atoms with van der Waals surface area (Å²) in [5, 5.41) is 8.89. The van der Waals surface area contributed by atoms with Crippen molar-refractivity contribution in [2.45, 2.75) is 57.4 Å². The SMILES string of the molecule is Fc1cc2onc(N3CCN(CCC4CCC(NCCC5CC5)CC4)CC3)c2cc1Cl. The molecule has 1 N–H and O–H groups in total. The molecule has 0 radical (unpaired) electrons. The summed E-state index contributed by atoms with van der Waals surface area (Å²) in [7, 11) is 0. The minimum Gasteiger partial charge on any atom is -0.354 e. The van der Waals surface area contributed by atoms with Gasteiger partial charge in [-0.25, -0.2) is 4.39 Å². The molecule has 0 spiro atoms. The van der Waals surface area contributed by atoms with Crippen LogP contribution in [0.5, 0.6) is 0 Å². The van der Waals surface area contributed by atoms with Gasteiger partial charge in [-0.1, -0.05) is 29.6 Å². The molecule has 2 aliphatic carbocycles. The Kier molecular flexibility index (Phi) is 6.67. The van der Waals surface area contributed by atoms with Crippen molar-refractivity contribution in [1.29, 1.82) is 0 Å². The maximum absolute atomic E-state index is 13.7. The highest BCUT2D eigenvalue weighted by molar-refractivity contribution is 6.31. The van der Waals surface area contributed by atoms with Gasteiger partial charge < -0.3 is 14.7 Å². The van der Waals surface area contributed by atoms with Gasteiger partial charge in [0.25, 0.3) is 0 Å². The van der Waals surface area contributed by atoms with Gasteiger partial charge in [0.15, 0.2) is 11.4 Å². The number of nitrogens with one attached hydrogen (secondary N) is 1. The lowest BCUT2D eigenvalue weighted by atomic mass is 9.84. The molecule has 0 unspecified atom stereocenters. The van der Waals surface area contributed by atoms with Crippen LogP contribution in [-0.2, 0) is 0 Å². The molecule has 0 atom stereocenters. The number of fused-ring (bicyclic) bond motifs is 1. The van der Waals surface area contributed by atoms with Crippen LogP contribution in [0.1, 0.15) is 51.4 Å². The van der Waals surface area contributed by atoms with Crippen LogP contribution in [0.2, 0.25) is 5.02 Å². The lowest BCUT2D eigenvalue weighted by Crippen LogP contribution is -2.47. The van der Waals surface area contributed by atoms with E-state index in [2.05, 4.69) is 20.3 Å². The van der Waals surface area contributed by atoms with Crippen LogP contribution in [-0.4, -0.2) is 55.4 Å². The summed E-state index contributed by atoms with van der Waals surface area (Å²) in [5.41, 5.74) is 0.456. The van der Waals surface area contributed by atoms with Gasteiger partial charge in [-0.3, -0.25) is 4.90 Å². The first-order valence-corrected chi connectivity index (χ1v) is 12.5. The summed E-state index contributed by atoms with van der Waals surface area (Å²) in [6, 6.07) is 3.71. The molecule has 1 aliphatic heterocycles. The molecule has 1 aromatic carbocycles. The first-order valence-electron chi connectivity index (χ1n) is 12.1. The molecule has 1 aromatic heterocycles. The van der Waals surface area contributed by atoms with Crippen LogP contribution < -0.4 is 10.2 Å². The van der Waals surface area contributed by atoms with Crippen molar-refractivity contribution < 1.29 is 8.91 Å². The molecule has 2 aromatic rings. The van der Waals surface area contributed by atoms with E-state index in [1.54, 1.807) is 6.07 Å². The Morgan fingerprint density at radius 3 is 2.45 bits per heavy atom. The Bertz CT molecular complexity index is 870. The largest absolute Gasteiger partial charge is 0.354 e. The molecule has 170 valence electrons. The van der Waals surface area contributed by atoms with E-state index in [-0.39, 0.29) is 5.02 Å². The van der Waals surface area contributed by atoms with Crippen LogP contribution >= 0.6 is 11.6 Å². The van der Waals surface area contributed by atoms with Crippen molar-refractivity contribution in [3.63, 3.8) is 0 Å². The van der Waals surface area contributed by atoms with Gasteiger partial charge in [-0.2, -0.15) is 0 Å². The highest BCUT2D eigenvalue weighted by Gasteiger charge is 2.26. The fourth-order valence-corrected chi connectivity index (χ4v) is 5.41. The lowest BCUT2D eigenvalue weighted by Gasteiger charge is -2.36. The number of rotatable bonds is 8. The summed E-state index contributed by atoms with van der Waals surface area (Å²) < 4.78 is 19.0. The summed E-state index contributed by atoms with van der Waals surface area (Å²) in [6.45, 7) is 6.30. The topological polar surface area (TPSA) is 44.5 Å². The molecule has 7 heteroatoms. The minimum absolute atomic E-state index is 0.114. The zero-order chi connectivity index (χ0) is 21.2. The van der Waals surface area contributed by atoms with Crippen LogP contribution in [0, 0.1) is 17.7 Å². The molecule has 0 amide bonds. The highest BCUT2D eigenvalue weighted by atomic mass is 35.5. The third kappa shape index (κ3) is 5.35. The number of hydrogen-bond donors (Lipinski definition) is 1. The van der Waals surface area contributed by atoms with Gasteiger partial charge in [0.1, 0.15) is 5.82 Å². The van der Waals surface area contributed by atoms with Crippen LogP contribution in [0.3, 0.4) is 0 Å². The second-order valence-corrected chi connectivity index (χ2v) is 10.2. The van der Waals surface area contributed by atoms with Gasteiger partial charge >= 0.3 is 0 Å². The van der Waals surface area contributed by atoms with Crippen molar-refractivity contribution in [2.24, 2.45) is 11.8 Å². The Balaban J connectivity index is 1.03. The Morgan fingerprint density at radius 2 is 1.71 bits per heavy atom. The van der Waals surface area contributed by atoms with Gasteiger partial charge in [0, 0.05) is 38.3 Å². The third-order valence-corrected chi connectivity index (χ3v) is 7.84. The Hall–Kier alpha value is -1.37. The van der Waals surface area contributed by atoms with Crippen molar-refractivity contribution in [2.75, 3.05) is 44.2 Å². The molecule has 31 heavy (non-hydrogen) atoms. The molecule has 3 fully saturated rings. The molecule has 5 nitrogen and oxygen atoms in total. The fourth-order valence-electron chi connectivity index (χ4n) is 5.25. The van der Waals surface area contributed by atoms with E-state index in [9.17, 15) is 4.39 Å². The number of nitrogens with zero attached hydrogens (tertiary/aromatic N) is 3. The first-order chi connectivity index (χ1) is 15.2. The summed E-state index contributed by atoms with van der Waals surface area (Å²) in [4.78, 5) is 4.81. The molecule has 2 saturated carbocycles. The van der Waals surface area contributed by atoms with Gasteiger partial charge in [-0.15, -0.1) is 0 Å². The molecular formula is C24H34ClFN4O. The Morgan fingerprint density at radius 1 is 1.00 bits per heavy atom. The standard InChI is InChI=1S/C24H34ClFN4O/c25-21-15-20-23(16-22(21)26)31-28-24(20)30-13-11-29(12-14-30)10-8-18-3-5-19(6-4-18)27-9-7-17-1-2-17/h15-19,27H,1-14H2. The highest BCUT2D eigenvalue weighted by Crippen LogP contribution is 2.33. The number of halogens is 2. The fraction of sp³-hybridized carbons (Fsp3) is 0.708. The van der Waals surface area contributed by atoms with E-state index < -0.39 is 5.82 Å². The smallest absolute Gasteiger partial charge is 0.180 e. The summed E-state index contributed by atoms with van der Waals surface area (Å²) in [5.74, 6) is 2.23. The Labute approximate surface area is 189 Å². The van der Waals surface area contributed by atoms with E-state index in [0.717, 1.165) is 55.3 Å². The number of aromatic nitrogens is 1. The predicted octanol–water partition coefficient (Wildman–Crippen LogP) is 5.08. The third-order valence-electron chi connectivity index (χ3n) is 7.55.